The van der Waals surface area contributed by atoms with Gasteiger partial charge in [0.15, 0.2) is 0 Å². The maximum atomic E-state index is 10.1. The van der Waals surface area contributed by atoms with Crippen molar-refractivity contribution in [1.29, 1.82) is 0 Å². The molecule has 5 heteroatoms. The van der Waals surface area contributed by atoms with E-state index in [2.05, 4.69) is 0 Å². The average Bonchev–Trinajstić information content (AvgIpc) is 1.59. The van der Waals surface area contributed by atoms with Crippen LogP contribution in [-0.2, 0) is 4.57 Å². The van der Waals surface area contributed by atoms with Gasteiger partial charge >= 0.3 is 7.60 Å². The van der Waals surface area contributed by atoms with Crippen LogP contribution in [0, 0.1) is 0 Å². The van der Waals surface area contributed by atoms with Gasteiger partial charge in [-0.25, -0.2) is 0 Å². The first-order chi connectivity index (χ1) is 3.56. The molecule has 0 aromatic carbocycles. The molecule has 2 N–H and O–H groups in total. The fourth-order valence-corrected chi connectivity index (χ4v) is 1.09. The summed E-state index contributed by atoms with van der Waals surface area (Å²) in [5.41, 5.74) is 0. The fraction of sp³-hybridized carbons (Fsp3) is 1.00. The molecule has 0 atom stereocenters. The summed E-state index contributed by atoms with van der Waals surface area (Å²) in [5.74, 6) is 0. The van der Waals surface area contributed by atoms with E-state index in [1.807, 2.05) is 6.92 Å². The molecular formula is C4H11CaO3P. The second-order valence-corrected chi connectivity index (χ2v) is 3.52. The van der Waals surface area contributed by atoms with E-state index >= 15 is 0 Å². The van der Waals surface area contributed by atoms with Crippen LogP contribution in [0.25, 0.3) is 0 Å². The van der Waals surface area contributed by atoms with Gasteiger partial charge in [0.25, 0.3) is 0 Å². The molecule has 3 nitrogen and oxygen atoms in total. The van der Waals surface area contributed by atoms with Crippen molar-refractivity contribution in [2.45, 2.75) is 19.8 Å². The van der Waals surface area contributed by atoms with Crippen LogP contribution in [0.3, 0.4) is 0 Å². The molecule has 2 radical (unpaired) electrons. The van der Waals surface area contributed by atoms with Crippen LogP contribution < -0.4 is 0 Å². The molecule has 0 saturated carbocycles. The van der Waals surface area contributed by atoms with Gasteiger partial charge in [-0.15, -0.1) is 0 Å². The zero-order chi connectivity index (χ0) is 6.62. The molecule has 0 heterocycles. The molecular weight excluding hydrogens is 167 g/mol. The van der Waals surface area contributed by atoms with E-state index in [9.17, 15) is 4.57 Å². The van der Waals surface area contributed by atoms with Gasteiger partial charge in [0.2, 0.25) is 0 Å². The summed E-state index contributed by atoms with van der Waals surface area (Å²) in [7, 11) is -3.68. The Morgan fingerprint density at radius 1 is 1.44 bits per heavy atom. The second-order valence-electron chi connectivity index (χ2n) is 1.74. The van der Waals surface area contributed by atoms with Crippen molar-refractivity contribution in [3.63, 3.8) is 0 Å². The first kappa shape index (κ1) is 13.0. The monoisotopic (exact) mass is 178 g/mol. The zero-order valence-corrected chi connectivity index (χ0v) is 8.68. The molecule has 0 aliphatic carbocycles. The van der Waals surface area contributed by atoms with Gasteiger partial charge in [0.05, 0.1) is 0 Å². The Morgan fingerprint density at radius 3 is 2.00 bits per heavy atom. The summed E-state index contributed by atoms with van der Waals surface area (Å²) in [4.78, 5) is 16.5. The van der Waals surface area contributed by atoms with Gasteiger partial charge in [-0.05, 0) is 6.42 Å². The van der Waals surface area contributed by atoms with E-state index in [1.165, 1.54) is 0 Å². The third-order valence-corrected chi connectivity index (χ3v) is 1.70. The number of hydrogen-bond acceptors (Lipinski definition) is 1. The van der Waals surface area contributed by atoms with Gasteiger partial charge in [-0.1, -0.05) is 13.3 Å². The van der Waals surface area contributed by atoms with Gasteiger partial charge in [0, 0.05) is 43.9 Å². The first-order valence-electron chi connectivity index (χ1n) is 2.61. The summed E-state index contributed by atoms with van der Waals surface area (Å²) < 4.78 is 10.1. The van der Waals surface area contributed by atoms with Crippen molar-refractivity contribution >= 4 is 45.3 Å². The second kappa shape index (κ2) is 6.14. The number of rotatable bonds is 3. The van der Waals surface area contributed by atoms with Crippen LogP contribution in [0.4, 0.5) is 0 Å². The summed E-state index contributed by atoms with van der Waals surface area (Å²) in [6.07, 6.45) is 1.49. The van der Waals surface area contributed by atoms with Gasteiger partial charge < -0.3 is 9.79 Å². The standard InChI is InChI=1S/C4H11O3P.Ca/c1-2-3-4-8(5,6)7;/h2-4H2,1H3,(H2,5,6,7);. The van der Waals surface area contributed by atoms with Crippen molar-refractivity contribution < 1.29 is 14.4 Å². The van der Waals surface area contributed by atoms with Crippen LogP contribution in [0.15, 0.2) is 0 Å². The molecule has 0 aliphatic heterocycles. The topological polar surface area (TPSA) is 57.5 Å². The third kappa shape index (κ3) is 12.6. The van der Waals surface area contributed by atoms with E-state index in [0.717, 1.165) is 6.42 Å². The number of unbranched alkanes of at least 4 members (excludes halogenated alkanes) is 1. The Morgan fingerprint density at radius 2 is 1.89 bits per heavy atom. The van der Waals surface area contributed by atoms with Crippen LogP contribution >= 0.6 is 7.60 Å². The minimum absolute atomic E-state index is 0. The summed E-state index contributed by atoms with van der Waals surface area (Å²) in [6, 6.07) is 0. The molecule has 0 unspecified atom stereocenters. The Bertz CT molecular complexity index is 100.0. The Kier molecular flexibility index (Phi) is 8.89. The molecule has 0 saturated heterocycles. The van der Waals surface area contributed by atoms with E-state index in [4.69, 9.17) is 9.79 Å². The molecule has 0 rings (SSSR count). The van der Waals surface area contributed by atoms with Crippen LogP contribution in [0.5, 0.6) is 0 Å². The predicted molar refractivity (Wildman–Crippen MR) is 37.6 cm³/mol. The SMILES string of the molecule is CCCCP(=O)(O)O.[Ca]. The molecule has 52 valence electrons. The van der Waals surface area contributed by atoms with Crippen molar-refractivity contribution in [2.24, 2.45) is 0 Å². The van der Waals surface area contributed by atoms with Crippen LogP contribution in [0.2, 0.25) is 0 Å². The molecule has 0 bridgehead atoms. The third-order valence-electron chi connectivity index (χ3n) is 0.803. The predicted octanol–water partition coefficient (Wildman–Crippen LogP) is 0.583. The van der Waals surface area contributed by atoms with Gasteiger partial charge in [-0.3, -0.25) is 4.57 Å². The first-order valence-corrected chi connectivity index (χ1v) is 4.40. The van der Waals surface area contributed by atoms with Crippen molar-refractivity contribution in [3.8, 4) is 0 Å². The van der Waals surface area contributed by atoms with Crippen molar-refractivity contribution in [3.05, 3.63) is 0 Å². The molecule has 0 fully saturated rings. The molecule has 0 aliphatic rings. The minimum atomic E-state index is -3.68. The Labute approximate surface area is 85.0 Å². The number of hydrogen-bond donors (Lipinski definition) is 2. The summed E-state index contributed by atoms with van der Waals surface area (Å²) in [5, 5.41) is 0. The zero-order valence-electron chi connectivity index (χ0n) is 5.58. The van der Waals surface area contributed by atoms with E-state index in [0.29, 0.717) is 6.42 Å². The molecule has 0 aromatic heterocycles. The molecule has 9 heavy (non-hydrogen) atoms. The maximum absolute atomic E-state index is 10.1. The van der Waals surface area contributed by atoms with E-state index in [-0.39, 0.29) is 43.9 Å². The fourth-order valence-electron chi connectivity index (χ4n) is 0.364. The van der Waals surface area contributed by atoms with E-state index < -0.39 is 7.60 Å². The molecule has 0 amide bonds. The van der Waals surface area contributed by atoms with Crippen LogP contribution in [0.1, 0.15) is 19.8 Å². The van der Waals surface area contributed by atoms with Gasteiger partial charge in [0.1, 0.15) is 0 Å². The quantitative estimate of drug-likeness (QED) is 0.491. The van der Waals surface area contributed by atoms with Gasteiger partial charge in [-0.2, -0.15) is 0 Å². The van der Waals surface area contributed by atoms with Crippen LogP contribution in [-0.4, -0.2) is 53.7 Å². The largest absolute Gasteiger partial charge is 0.325 e. The smallest absolute Gasteiger partial charge is 0.324 e. The average molecular weight is 178 g/mol. The Hall–Kier alpha value is 1.41. The minimum Gasteiger partial charge on any atom is -0.324 e. The van der Waals surface area contributed by atoms with E-state index in [1.54, 1.807) is 0 Å². The molecule has 0 aromatic rings. The van der Waals surface area contributed by atoms with Crippen molar-refractivity contribution in [1.82, 2.24) is 0 Å². The molecule has 0 spiro atoms. The van der Waals surface area contributed by atoms with Crippen molar-refractivity contribution in [2.75, 3.05) is 6.16 Å². The Balaban J connectivity index is 0. The maximum Gasteiger partial charge on any atom is 0.325 e. The normalized spacial score (nSPS) is 10.6. The summed E-state index contributed by atoms with van der Waals surface area (Å²) in [6.45, 7) is 1.90. The summed E-state index contributed by atoms with van der Waals surface area (Å²) >= 11 is 0.